The molecule has 5 unspecified atom stereocenters. The van der Waals surface area contributed by atoms with E-state index < -0.39 is 48.4 Å². The van der Waals surface area contributed by atoms with Gasteiger partial charge in [0.05, 0.1) is 12.6 Å². The zero-order valence-corrected chi connectivity index (χ0v) is 17.2. The number of carboxylic acids is 1. The number of thiol groups is 1. The van der Waals surface area contributed by atoms with Gasteiger partial charge >= 0.3 is 5.97 Å². The van der Waals surface area contributed by atoms with E-state index >= 15 is 0 Å². The van der Waals surface area contributed by atoms with E-state index in [1.54, 1.807) is 6.92 Å². The average molecular weight is 405 g/mol. The fourth-order valence-electron chi connectivity index (χ4n) is 2.17. The molecular weight excluding hydrogens is 372 g/mol. The first-order chi connectivity index (χ1) is 12.6. The van der Waals surface area contributed by atoms with Gasteiger partial charge in [0.25, 0.3) is 0 Å². The Bertz CT molecular complexity index is 531. The Morgan fingerprint density at radius 2 is 1.56 bits per heavy atom. The molecule has 0 aliphatic heterocycles. The van der Waals surface area contributed by atoms with E-state index in [9.17, 15) is 24.3 Å². The summed E-state index contributed by atoms with van der Waals surface area (Å²) in [6.45, 7) is 6.86. The lowest BCUT2D eigenvalue weighted by atomic mass is 9.99. The number of nitrogens with two attached hydrogens (primary N) is 1. The van der Waals surface area contributed by atoms with Crippen LogP contribution in [0.1, 0.15) is 40.5 Å². The molecule has 0 spiro atoms. The van der Waals surface area contributed by atoms with Gasteiger partial charge in [-0.15, -0.1) is 0 Å². The minimum absolute atomic E-state index is 0.0248. The Balaban J connectivity index is 4.65. The van der Waals surface area contributed by atoms with E-state index in [1.165, 1.54) is 0 Å². The molecule has 3 amide bonds. The van der Waals surface area contributed by atoms with Crippen LogP contribution in [0.5, 0.6) is 0 Å². The summed E-state index contributed by atoms with van der Waals surface area (Å²) >= 11 is 4.04. The number of amides is 3. The van der Waals surface area contributed by atoms with Gasteiger partial charge in [-0.1, -0.05) is 40.5 Å². The smallest absolute Gasteiger partial charge is 0.326 e. The molecule has 0 radical (unpaired) electrons. The molecule has 0 aromatic heterocycles. The van der Waals surface area contributed by atoms with Gasteiger partial charge in [-0.05, 0) is 11.8 Å². The fraction of sp³-hybridized carbons (Fsp3) is 0.765. The Morgan fingerprint density at radius 3 is 2.00 bits per heavy atom. The molecule has 0 fully saturated rings. The summed E-state index contributed by atoms with van der Waals surface area (Å²) < 4.78 is 0. The standard InChI is InChI=1S/C17H32N4O5S/c1-5-9(3)13(18)16(24)20-11(8-27)15(23)19-7-12(22)21-14(17(25)26)10(4)6-2/h9-11,13-14,27H,5-8,18H2,1-4H3,(H,19,23)(H,20,24)(H,21,22)(H,25,26). The van der Waals surface area contributed by atoms with Crippen molar-refractivity contribution in [2.45, 2.75) is 58.7 Å². The summed E-state index contributed by atoms with van der Waals surface area (Å²) in [5.74, 6) is -3.11. The molecule has 27 heavy (non-hydrogen) atoms. The van der Waals surface area contributed by atoms with Crippen LogP contribution in [0.3, 0.4) is 0 Å². The van der Waals surface area contributed by atoms with Crippen molar-refractivity contribution in [3.8, 4) is 0 Å². The number of hydrogen-bond acceptors (Lipinski definition) is 6. The Hall–Kier alpha value is -1.81. The van der Waals surface area contributed by atoms with Crippen molar-refractivity contribution in [3.05, 3.63) is 0 Å². The molecular formula is C17H32N4O5S. The van der Waals surface area contributed by atoms with Crippen LogP contribution >= 0.6 is 12.6 Å². The zero-order valence-electron chi connectivity index (χ0n) is 16.3. The third-order valence-corrected chi connectivity index (χ3v) is 4.96. The molecule has 0 rings (SSSR count). The lowest BCUT2D eigenvalue weighted by molar-refractivity contribution is -0.143. The van der Waals surface area contributed by atoms with E-state index in [-0.39, 0.29) is 17.6 Å². The first-order valence-corrected chi connectivity index (χ1v) is 9.68. The van der Waals surface area contributed by atoms with Crippen LogP contribution in [0.25, 0.3) is 0 Å². The molecule has 0 bridgehead atoms. The van der Waals surface area contributed by atoms with Crippen molar-refractivity contribution in [1.29, 1.82) is 0 Å². The second kappa shape index (κ2) is 12.6. The summed E-state index contributed by atoms with van der Waals surface area (Å²) in [6, 6.07) is -2.73. The Labute approximate surface area is 165 Å². The van der Waals surface area contributed by atoms with Crippen molar-refractivity contribution in [1.82, 2.24) is 16.0 Å². The minimum atomic E-state index is -1.14. The second-order valence-electron chi connectivity index (χ2n) is 6.64. The van der Waals surface area contributed by atoms with E-state index in [1.807, 2.05) is 20.8 Å². The molecule has 156 valence electrons. The van der Waals surface area contributed by atoms with Crippen molar-refractivity contribution < 1.29 is 24.3 Å². The monoisotopic (exact) mass is 404 g/mol. The highest BCUT2D eigenvalue weighted by Crippen LogP contribution is 2.08. The third kappa shape index (κ3) is 8.61. The lowest BCUT2D eigenvalue weighted by Crippen LogP contribution is -2.55. The second-order valence-corrected chi connectivity index (χ2v) is 7.01. The van der Waals surface area contributed by atoms with Crippen LogP contribution in [0, 0.1) is 11.8 Å². The number of nitrogens with one attached hydrogen (secondary N) is 3. The molecule has 0 aromatic rings. The van der Waals surface area contributed by atoms with Crippen LogP contribution in [0.15, 0.2) is 0 Å². The van der Waals surface area contributed by atoms with Gasteiger partial charge in [0.1, 0.15) is 12.1 Å². The normalized spacial score (nSPS) is 16.4. The summed E-state index contributed by atoms with van der Waals surface area (Å²) in [7, 11) is 0. The number of rotatable bonds is 12. The summed E-state index contributed by atoms with van der Waals surface area (Å²) in [4.78, 5) is 47.4. The predicted octanol–water partition coefficient (Wildman–Crippen LogP) is -0.494. The quantitative estimate of drug-likeness (QED) is 0.242. The highest BCUT2D eigenvalue weighted by Gasteiger charge is 2.27. The predicted molar refractivity (Wildman–Crippen MR) is 105 cm³/mol. The number of carbonyl (C=O) groups excluding carboxylic acids is 3. The van der Waals surface area contributed by atoms with Crippen LogP contribution < -0.4 is 21.7 Å². The van der Waals surface area contributed by atoms with Gasteiger partial charge in [0.15, 0.2) is 0 Å². The average Bonchev–Trinajstić information content (AvgIpc) is 2.65. The SMILES string of the molecule is CCC(C)C(N)C(=O)NC(CS)C(=O)NCC(=O)NC(C(=O)O)C(C)CC. The molecule has 0 saturated heterocycles. The van der Waals surface area contributed by atoms with Crippen LogP contribution in [0.4, 0.5) is 0 Å². The van der Waals surface area contributed by atoms with E-state index in [0.29, 0.717) is 12.8 Å². The molecule has 9 nitrogen and oxygen atoms in total. The molecule has 5 atom stereocenters. The van der Waals surface area contributed by atoms with Crippen molar-refractivity contribution in [2.24, 2.45) is 17.6 Å². The largest absolute Gasteiger partial charge is 0.480 e. The lowest BCUT2D eigenvalue weighted by Gasteiger charge is -2.22. The van der Waals surface area contributed by atoms with Gasteiger partial charge in [0, 0.05) is 5.75 Å². The molecule has 0 saturated carbocycles. The maximum atomic E-state index is 12.2. The molecule has 0 aromatic carbocycles. The summed E-state index contributed by atoms with van der Waals surface area (Å²) in [6.07, 6.45) is 1.29. The molecule has 10 heteroatoms. The Kier molecular flexibility index (Phi) is 11.7. The summed E-state index contributed by atoms with van der Waals surface area (Å²) in [5, 5.41) is 16.4. The van der Waals surface area contributed by atoms with Gasteiger partial charge in [-0.25, -0.2) is 4.79 Å². The first kappa shape index (κ1) is 25.2. The van der Waals surface area contributed by atoms with Crippen LogP contribution in [-0.4, -0.2) is 59.2 Å². The van der Waals surface area contributed by atoms with Crippen molar-refractivity contribution >= 4 is 36.3 Å². The van der Waals surface area contributed by atoms with E-state index in [2.05, 4.69) is 28.6 Å². The van der Waals surface area contributed by atoms with Gasteiger partial charge in [-0.3, -0.25) is 14.4 Å². The molecule has 0 heterocycles. The van der Waals surface area contributed by atoms with E-state index in [4.69, 9.17) is 5.73 Å². The highest BCUT2D eigenvalue weighted by molar-refractivity contribution is 7.80. The topological polar surface area (TPSA) is 151 Å². The van der Waals surface area contributed by atoms with Crippen LogP contribution in [0.2, 0.25) is 0 Å². The van der Waals surface area contributed by atoms with Crippen molar-refractivity contribution in [3.63, 3.8) is 0 Å². The minimum Gasteiger partial charge on any atom is -0.480 e. The third-order valence-electron chi connectivity index (χ3n) is 4.59. The Morgan fingerprint density at radius 1 is 1.00 bits per heavy atom. The zero-order chi connectivity index (χ0) is 21.1. The fourth-order valence-corrected chi connectivity index (χ4v) is 2.43. The van der Waals surface area contributed by atoms with Gasteiger partial charge < -0.3 is 26.8 Å². The van der Waals surface area contributed by atoms with Gasteiger partial charge in [0.2, 0.25) is 17.7 Å². The van der Waals surface area contributed by atoms with Gasteiger partial charge in [-0.2, -0.15) is 12.6 Å². The number of aliphatic carboxylic acids is 1. The number of carbonyl (C=O) groups is 4. The number of carboxylic acid groups (broad SMARTS) is 1. The van der Waals surface area contributed by atoms with E-state index in [0.717, 1.165) is 0 Å². The van der Waals surface area contributed by atoms with Crippen LogP contribution in [-0.2, 0) is 19.2 Å². The molecule has 0 aliphatic rings. The maximum Gasteiger partial charge on any atom is 0.326 e. The first-order valence-electron chi connectivity index (χ1n) is 9.05. The summed E-state index contributed by atoms with van der Waals surface area (Å²) in [5.41, 5.74) is 5.83. The molecule has 0 aliphatic carbocycles. The highest BCUT2D eigenvalue weighted by atomic mass is 32.1. The maximum absolute atomic E-state index is 12.2. The van der Waals surface area contributed by atoms with Crippen molar-refractivity contribution in [2.75, 3.05) is 12.3 Å². The molecule has 6 N–H and O–H groups in total. The number of hydrogen-bond donors (Lipinski definition) is 6.